The Hall–Kier alpha value is -4.90. The van der Waals surface area contributed by atoms with Gasteiger partial charge in [0.05, 0.1) is 12.2 Å². The van der Waals surface area contributed by atoms with Crippen LogP contribution in [-0.2, 0) is 6.42 Å². The Morgan fingerprint density at radius 2 is 1.90 bits per heavy atom. The van der Waals surface area contributed by atoms with Crippen LogP contribution in [0.1, 0.15) is 28.4 Å². The van der Waals surface area contributed by atoms with E-state index in [9.17, 15) is 19.1 Å². The maximum atomic E-state index is 15.1. The van der Waals surface area contributed by atoms with Gasteiger partial charge < -0.3 is 15.2 Å². The molecule has 2 aromatic carbocycles. The van der Waals surface area contributed by atoms with Gasteiger partial charge in [-0.15, -0.1) is 0 Å². The van der Waals surface area contributed by atoms with Crippen LogP contribution in [0.2, 0.25) is 0 Å². The number of rotatable bonds is 9. The summed E-state index contributed by atoms with van der Waals surface area (Å²) in [5, 5.41) is 19.8. The predicted octanol–water partition coefficient (Wildman–Crippen LogP) is 4.71. The molecular formula is C29H25F2N5O4. The van der Waals surface area contributed by atoms with Crippen LogP contribution in [-0.4, -0.2) is 43.3 Å². The quantitative estimate of drug-likeness (QED) is 0.229. The zero-order chi connectivity index (χ0) is 28.4. The molecule has 204 valence electrons. The lowest BCUT2D eigenvalue weighted by Gasteiger charge is -2.13. The van der Waals surface area contributed by atoms with Gasteiger partial charge in [-0.25, -0.2) is 13.8 Å². The number of nitrogens with zero attached hydrogens (tertiary/aromatic N) is 3. The summed E-state index contributed by atoms with van der Waals surface area (Å²) in [6.07, 6.45) is 2.80. The average molecular weight is 546 g/mol. The highest BCUT2D eigenvalue weighted by Gasteiger charge is 2.19. The lowest BCUT2D eigenvalue weighted by atomic mass is 10.0. The topological polar surface area (TPSA) is 122 Å². The maximum absolute atomic E-state index is 15.1. The first kappa shape index (κ1) is 26.7. The third-order valence-corrected chi connectivity index (χ3v) is 6.35. The number of aromatic nitrogens is 4. The van der Waals surface area contributed by atoms with E-state index in [-0.39, 0.29) is 36.1 Å². The van der Waals surface area contributed by atoms with Crippen molar-refractivity contribution in [1.82, 2.24) is 19.7 Å². The predicted molar refractivity (Wildman–Crippen MR) is 145 cm³/mol. The molecular weight excluding hydrogens is 520 g/mol. The molecule has 0 radical (unpaired) electrons. The second kappa shape index (κ2) is 11.1. The average Bonchev–Trinajstić information content (AvgIpc) is 3.34. The van der Waals surface area contributed by atoms with Crippen LogP contribution < -0.4 is 15.6 Å². The molecule has 11 heteroatoms. The Labute approximate surface area is 227 Å². The number of ketones is 1. The minimum atomic E-state index is -0.703. The molecule has 0 spiro atoms. The normalized spacial score (nSPS) is 11.9. The van der Waals surface area contributed by atoms with Gasteiger partial charge in [0.25, 0.3) is 5.56 Å². The number of aryl methyl sites for hydroxylation is 1. The molecule has 0 bridgehead atoms. The van der Waals surface area contributed by atoms with Gasteiger partial charge in [-0.3, -0.25) is 19.3 Å². The minimum Gasteiger partial charge on any atom is -0.453 e. The summed E-state index contributed by atoms with van der Waals surface area (Å²) in [7, 11) is 0. The largest absolute Gasteiger partial charge is 0.453 e. The Morgan fingerprint density at radius 1 is 1.12 bits per heavy atom. The Bertz CT molecular complexity index is 1770. The number of carbonyl (C=O) groups is 1. The first-order chi connectivity index (χ1) is 19.2. The summed E-state index contributed by atoms with van der Waals surface area (Å²) < 4.78 is 35.6. The van der Waals surface area contributed by atoms with Gasteiger partial charge in [-0.05, 0) is 67.4 Å². The minimum absolute atomic E-state index is 0.0242. The first-order valence-corrected chi connectivity index (χ1v) is 12.4. The van der Waals surface area contributed by atoms with E-state index in [4.69, 9.17) is 4.74 Å². The molecule has 1 atom stereocenters. The van der Waals surface area contributed by atoms with E-state index < -0.39 is 23.0 Å². The summed E-state index contributed by atoms with van der Waals surface area (Å²) in [4.78, 5) is 30.5. The molecule has 0 aliphatic rings. The van der Waals surface area contributed by atoms with Gasteiger partial charge >= 0.3 is 0 Å². The van der Waals surface area contributed by atoms with E-state index in [1.807, 2.05) is 0 Å². The summed E-state index contributed by atoms with van der Waals surface area (Å²) in [5.41, 5.74) is 1.10. The van der Waals surface area contributed by atoms with Crippen LogP contribution in [0.3, 0.4) is 0 Å². The standard InChI is InChI=1S/C29H25F2N5O4/c1-16-10-12-36(20-6-4-19(30)5-7-20)29(39)25(16)22(38)14-18-3-8-23(21(31)13-18)40-24-9-11-32-27-26(24)28(35-34-27)33-17(2)15-37/h3-13,17,37H,14-15H2,1-2H3,(H2,32,33,34,35)/t17-/m1/s1. The summed E-state index contributed by atoms with van der Waals surface area (Å²) in [6.45, 7) is 3.30. The van der Waals surface area contributed by atoms with Crippen LogP contribution in [0.25, 0.3) is 16.7 Å². The van der Waals surface area contributed by atoms with Gasteiger partial charge in [0.15, 0.2) is 28.8 Å². The molecule has 0 saturated carbocycles. The fourth-order valence-corrected chi connectivity index (χ4v) is 4.29. The van der Waals surface area contributed by atoms with Crippen molar-refractivity contribution in [2.45, 2.75) is 26.3 Å². The fourth-order valence-electron chi connectivity index (χ4n) is 4.29. The monoisotopic (exact) mass is 545 g/mol. The summed E-state index contributed by atoms with van der Waals surface area (Å²) >= 11 is 0. The third-order valence-electron chi connectivity index (χ3n) is 6.35. The van der Waals surface area contributed by atoms with E-state index in [0.717, 1.165) is 0 Å². The highest BCUT2D eigenvalue weighted by Crippen LogP contribution is 2.34. The molecule has 0 aliphatic carbocycles. The molecule has 3 aromatic heterocycles. The van der Waals surface area contributed by atoms with Gasteiger partial charge in [0, 0.05) is 36.6 Å². The van der Waals surface area contributed by atoms with Crippen molar-refractivity contribution < 1.29 is 23.4 Å². The maximum Gasteiger partial charge on any atom is 0.266 e. The molecule has 0 unspecified atom stereocenters. The van der Waals surface area contributed by atoms with E-state index >= 15 is 4.39 Å². The number of Topliss-reactive ketones (excluding diaryl/α,β-unsaturated/α-hetero) is 1. The highest BCUT2D eigenvalue weighted by atomic mass is 19.1. The molecule has 40 heavy (non-hydrogen) atoms. The Kier molecular flexibility index (Phi) is 7.39. The lowest BCUT2D eigenvalue weighted by Crippen LogP contribution is -2.27. The molecule has 3 N–H and O–H groups in total. The zero-order valence-electron chi connectivity index (χ0n) is 21.6. The number of ether oxygens (including phenoxy) is 1. The molecule has 0 amide bonds. The number of carbonyl (C=O) groups excluding carboxylic acids is 1. The molecule has 0 fully saturated rings. The van der Waals surface area contributed by atoms with Gasteiger partial charge in [0.2, 0.25) is 0 Å². The number of hydrogen-bond acceptors (Lipinski definition) is 7. The molecule has 0 aliphatic heterocycles. The zero-order valence-corrected chi connectivity index (χ0v) is 21.6. The van der Waals surface area contributed by atoms with Crippen LogP contribution in [0.4, 0.5) is 14.6 Å². The number of anilines is 1. The number of benzene rings is 2. The van der Waals surface area contributed by atoms with Gasteiger partial charge in [-0.2, -0.15) is 5.10 Å². The number of pyridine rings is 2. The smallest absolute Gasteiger partial charge is 0.266 e. The number of aliphatic hydroxyl groups excluding tert-OH is 1. The molecule has 5 rings (SSSR count). The highest BCUT2D eigenvalue weighted by molar-refractivity contribution is 5.98. The number of hydrogen-bond donors (Lipinski definition) is 3. The van der Waals surface area contributed by atoms with Crippen molar-refractivity contribution in [3.05, 3.63) is 106 Å². The van der Waals surface area contributed by atoms with Crippen molar-refractivity contribution >= 4 is 22.6 Å². The van der Waals surface area contributed by atoms with Crippen molar-refractivity contribution in [3.8, 4) is 17.2 Å². The molecule has 9 nitrogen and oxygen atoms in total. The third kappa shape index (κ3) is 5.32. The Morgan fingerprint density at radius 3 is 2.62 bits per heavy atom. The number of halogens is 2. The second-order valence-corrected chi connectivity index (χ2v) is 9.32. The first-order valence-electron chi connectivity index (χ1n) is 12.4. The van der Waals surface area contributed by atoms with Gasteiger partial charge in [-0.1, -0.05) is 6.07 Å². The van der Waals surface area contributed by atoms with E-state index in [1.54, 1.807) is 32.0 Å². The number of fused-ring (bicyclic) bond motifs is 1. The van der Waals surface area contributed by atoms with Crippen LogP contribution in [0.15, 0.2) is 71.8 Å². The second-order valence-electron chi connectivity index (χ2n) is 9.32. The summed E-state index contributed by atoms with van der Waals surface area (Å²) in [5.74, 6) is -1.02. The molecule has 0 saturated heterocycles. The van der Waals surface area contributed by atoms with Crippen molar-refractivity contribution in [2.24, 2.45) is 0 Å². The van der Waals surface area contributed by atoms with Crippen LogP contribution >= 0.6 is 0 Å². The van der Waals surface area contributed by atoms with E-state index in [1.165, 1.54) is 53.4 Å². The van der Waals surface area contributed by atoms with E-state index in [2.05, 4.69) is 20.5 Å². The van der Waals surface area contributed by atoms with Crippen molar-refractivity contribution in [2.75, 3.05) is 11.9 Å². The fraction of sp³-hybridized carbons (Fsp3) is 0.172. The number of aromatic amines is 1. The molecule has 5 aromatic rings. The Balaban J connectivity index is 1.39. The van der Waals surface area contributed by atoms with Gasteiger partial charge in [0.1, 0.15) is 17.0 Å². The SMILES string of the molecule is Cc1ccn(-c2ccc(F)cc2)c(=O)c1C(=O)Cc1ccc(Oc2ccnc3[nH]nc(N[C@H](C)CO)c23)c(F)c1. The van der Waals surface area contributed by atoms with Crippen LogP contribution in [0.5, 0.6) is 11.5 Å². The molecule has 3 heterocycles. The van der Waals surface area contributed by atoms with Crippen molar-refractivity contribution in [1.29, 1.82) is 0 Å². The number of aliphatic hydroxyl groups is 1. The van der Waals surface area contributed by atoms with Crippen molar-refractivity contribution in [3.63, 3.8) is 0 Å². The van der Waals surface area contributed by atoms with Crippen LogP contribution in [0, 0.1) is 18.6 Å². The number of H-pyrrole nitrogens is 1. The lowest BCUT2D eigenvalue weighted by molar-refractivity contribution is 0.0990. The number of nitrogens with one attached hydrogen (secondary N) is 2. The van der Waals surface area contributed by atoms with E-state index in [0.29, 0.717) is 33.7 Å². The summed E-state index contributed by atoms with van der Waals surface area (Å²) in [6, 6.07) is 12.4.